The van der Waals surface area contributed by atoms with Crippen LogP contribution in [0, 0.1) is 19.3 Å². The summed E-state index contributed by atoms with van der Waals surface area (Å²) in [5, 5.41) is 0. The molecule has 0 aromatic rings. The van der Waals surface area contributed by atoms with E-state index >= 15 is 0 Å². The Kier molecular flexibility index (Phi) is 4.25. The lowest BCUT2D eigenvalue weighted by Gasteiger charge is -2.23. The highest BCUT2D eigenvalue weighted by Crippen LogP contribution is 2.30. The topological polar surface area (TPSA) is 0 Å². The van der Waals surface area contributed by atoms with E-state index in [1.54, 1.807) is 0 Å². The fraction of sp³-hybridized carbons (Fsp3) is 0.909. The average molecular weight is 171 g/mol. The van der Waals surface area contributed by atoms with Gasteiger partial charge in [-0.05, 0) is 12.8 Å². The largest absolute Gasteiger partial charge is 0.358 e. The highest BCUT2D eigenvalue weighted by atomic mass is 15.3. The first-order chi connectivity index (χ1) is 5.09. The van der Waals surface area contributed by atoms with Crippen molar-refractivity contribution in [3.63, 3.8) is 0 Å². The number of nitrogens with zero attached hydrogens (tertiary/aromatic N) is 1. The summed E-state index contributed by atoms with van der Waals surface area (Å²) in [4.78, 5) is 0. The Morgan fingerprint density at radius 3 is 1.58 bits per heavy atom. The second kappa shape index (κ2) is 4.27. The third-order valence-electron chi connectivity index (χ3n) is 3.17. The maximum atomic E-state index is 2.36. The standard InChI is InChI=1S/C10H22N.CH3/c1-5-9-7-11(3,4)8-10(9)6-2;/h9-10H,5-8H2,1-4H3;1H3/q+1;-1. The average Bonchev–Trinajstić information content (AvgIpc) is 2.25. The van der Waals surface area contributed by atoms with E-state index in [2.05, 4.69) is 27.9 Å². The maximum Gasteiger partial charge on any atom is 0.0815 e. The molecule has 1 heterocycles. The van der Waals surface area contributed by atoms with Crippen molar-refractivity contribution in [2.75, 3.05) is 27.2 Å². The van der Waals surface area contributed by atoms with Gasteiger partial charge in [-0.15, -0.1) is 0 Å². The lowest BCUT2D eigenvalue weighted by molar-refractivity contribution is -0.880. The van der Waals surface area contributed by atoms with Gasteiger partial charge in [-0.25, -0.2) is 0 Å². The summed E-state index contributed by atoms with van der Waals surface area (Å²) in [5.41, 5.74) is 0. The molecule has 0 spiro atoms. The van der Waals surface area contributed by atoms with E-state index in [1.165, 1.54) is 30.4 Å². The molecule has 1 rings (SSSR count). The van der Waals surface area contributed by atoms with Crippen molar-refractivity contribution in [3.05, 3.63) is 7.43 Å². The van der Waals surface area contributed by atoms with Gasteiger partial charge in [0.05, 0.1) is 27.2 Å². The minimum Gasteiger partial charge on any atom is -0.358 e. The number of hydrogen-bond donors (Lipinski definition) is 0. The van der Waals surface area contributed by atoms with Gasteiger partial charge in [-0.3, -0.25) is 0 Å². The van der Waals surface area contributed by atoms with Crippen LogP contribution in [0.25, 0.3) is 0 Å². The van der Waals surface area contributed by atoms with Crippen molar-refractivity contribution in [1.29, 1.82) is 0 Å². The van der Waals surface area contributed by atoms with Crippen molar-refractivity contribution < 1.29 is 4.48 Å². The molecule has 1 fully saturated rings. The van der Waals surface area contributed by atoms with Gasteiger partial charge in [0.1, 0.15) is 0 Å². The predicted octanol–water partition coefficient (Wildman–Crippen LogP) is 2.58. The molecule has 0 N–H and O–H groups in total. The third-order valence-corrected chi connectivity index (χ3v) is 3.17. The molecule has 1 nitrogen and oxygen atoms in total. The Bertz CT molecular complexity index is 115. The Labute approximate surface area is 78.4 Å². The van der Waals surface area contributed by atoms with Crippen LogP contribution in [0.4, 0.5) is 0 Å². The summed E-state index contributed by atoms with van der Waals surface area (Å²) in [6, 6.07) is 0. The molecule has 2 atom stereocenters. The molecule has 2 unspecified atom stereocenters. The first-order valence-corrected chi connectivity index (χ1v) is 4.91. The van der Waals surface area contributed by atoms with Crippen LogP contribution in [-0.4, -0.2) is 31.7 Å². The predicted molar refractivity (Wildman–Crippen MR) is 55.8 cm³/mol. The van der Waals surface area contributed by atoms with Gasteiger partial charge in [0.2, 0.25) is 0 Å². The molecule has 0 aliphatic carbocycles. The van der Waals surface area contributed by atoms with E-state index in [-0.39, 0.29) is 7.43 Å². The summed E-state index contributed by atoms with van der Waals surface area (Å²) >= 11 is 0. The second-order valence-corrected chi connectivity index (χ2v) is 4.64. The first-order valence-electron chi connectivity index (χ1n) is 4.91. The summed E-state index contributed by atoms with van der Waals surface area (Å²) in [7, 11) is 4.72. The normalized spacial score (nSPS) is 33.0. The molecular weight excluding hydrogens is 146 g/mol. The summed E-state index contributed by atoms with van der Waals surface area (Å²) in [5.74, 6) is 1.99. The lowest BCUT2D eigenvalue weighted by Crippen LogP contribution is -2.36. The molecule has 0 bridgehead atoms. The Balaban J connectivity index is 0.00000121. The van der Waals surface area contributed by atoms with E-state index in [0.29, 0.717) is 0 Å². The van der Waals surface area contributed by atoms with E-state index < -0.39 is 0 Å². The molecule has 0 aromatic heterocycles. The summed E-state index contributed by atoms with van der Waals surface area (Å²) < 4.78 is 1.25. The van der Waals surface area contributed by atoms with Crippen LogP contribution >= 0.6 is 0 Å². The molecule has 0 saturated carbocycles. The quantitative estimate of drug-likeness (QED) is 0.442. The van der Waals surface area contributed by atoms with Crippen molar-refractivity contribution >= 4 is 0 Å². The van der Waals surface area contributed by atoms with Gasteiger partial charge in [-0.1, -0.05) is 13.8 Å². The van der Waals surface area contributed by atoms with Gasteiger partial charge >= 0.3 is 0 Å². The van der Waals surface area contributed by atoms with Crippen molar-refractivity contribution in [2.24, 2.45) is 11.8 Å². The molecule has 12 heavy (non-hydrogen) atoms. The van der Waals surface area contributed by atoms with Crippen molar-refractivity contribution in [3.8, 4) is 0 Å². The molecule has 1 saturated heterocycles. The van der Waals surface area contributed by atoms with Crippen LogP contribution < -0.4 is 0 Å². The minimum atomic E-state index is 0. The molecule has 1 heteroatoms. The smallest absolute Gasteiger partial charge is 0.0815 e. The number of hydrogen-bond acceptors (Lipinski definition) is 0. The number of quaternary nitrogens is 1. The number of rotatable bonds is 2. The Morgan fingerprint density at radius 2 is 1.33 bits per heavy atom. The van der Waals surface area contributed by atoms with Crippen LogP contribution in [0.15, 0.2) is 0 Å². The van der Waals surface area contributed by atoms with Crippen LogP contribution in [0.1, 0.15) is 26.7 Å². The fourth-order valence-corrected chi connectivity index (χ4v) is 2.57. The molecule has 1 aliphatic heterocycles. The van der Waals surface area contributed by atoms with Gasteiger partial charge < -0.3 is 11.9 Å². The summed E-state index contributed by atoms with van der Waals surface area (Å²) in [6.07, 6.45) is 2.75. The summed E-state index contributed by atoms with van der Waals surface area (Å²) in [6.45, 7) is 7.46. The minimum absolute atomic E-state index is 0. The van der Waals surface area contributed by atoms with Crippen molar-refractivity contribution in [1.82, 2.24) is 0 Å². The van der Waals surface area contributed by atoms with Gasteiger partial charge in [0.25, 0.3) is 0 Å². The Morgan fingerprint density at radius 1 is 1.00 bits per heavy atom. The SMILES string of the molecule is CCC1C[N+](C)(C)CC1CC.[CH3-]. The van der Waals surface area contributed by atoms with Gasteiger partial charge in [0.15, 0.2) is 0 Å². The monoisotopic (exact) mass is 171 g/mol. The first kappa shape index (κ1) is 12.0. The molecule has 0 aromatic carbocycles. The van der Waals surface area contributed by atoms with Crippen LogP contribution in [0.2, 0.25) is 0 Å². The fourth-order valence-electron chi connectivity index (χ4n) is 2.57. The maximum absolute atomic E-state index is 2.36. The zero-order valence-electron chi connectivity index (χ0n) is 9.43. The second-order valence-electron chi connectivity index (χ2n) is 4.64. The lowest BCUT2D eigenvalue weighted by atomic mass is 9.92. The van der Waals surface area contributed by atoms with Gasteiger partial charge in [0, 0.05) is 11.8 Å². The van der Waals surface area contributed by atoms with Crippen LogP contribution in [0.3, 0.4) is 0 Å². The van der Waals surface area contributed by atoms with E-state index in [9.17, 15) is 0 Å². The molecular formula is C11H25N. The zero-order valence-corrected chi connectivity index (χ0v) is 9.43. The highest BCUT2D eigenvalue weighted by Gasteiger charge is 2.37. The molecule has 1 aliphatic rings. The van der Waals surface area contributed by atoms with Crippen LogP contribution in [-0.2, 0) is 0 Å². The molecule has 74 valence electrons. The van der Waals surface area contributed by atoms with E-state index in [0.717, 1.165) is 11.8 Å². The van der Waals surface area contributed by atoms with E-state index in [4.69, 9.17) is 0 Å². The van der Waals surface area contributed by atoms with Crippen LogP contribution in [0.5, 0.6) is 0 Å². The highest BCUT2D eigenvalue weighted by molar-refractivity contribution is 4.73. The third kappa shape index (κ3) is 2.48. The molecule has 0 radical (unpaired) electrons. The van der Waals surface area contributed by atoms with Gasteiger partial charge in [-0.2, -0.15) is 0 Å². The van der Waals surface area contributed by atoms with Crippen molar-refractivity contribution in [2.45, 2.75) is 26.7 Å². The Hall–Kier alpha value is -0.0400. The molecule has 0 amide bonds. The number of likely N-dealkylation sites (tertiary alicyclic amines) is 1. The zero-order chi connectivity index (χ0) is 8.48. The van der Waals surface area contributed by atoms with E-state index in [1.807, 2.05) is 0 Å².